The highest BCUT2D eigenvalue weighted by atomic mass is 35.5. The van der Waals surface area contributed by atoms with E-state index in [0.717, 1.165) is 0 Å². The fraction of sp³-hybridized carbons (Fsp3) is 0.231. The van der Waals surface area contributed by atoms with Crippen LogP contribution >= 0.6 is 11.6 Å². The van der Waals surface area contributed by atoms with Gasteiger partial charge >= 0.3 is 0 Å². The van der Waals surface area contributed by atoms with Gasteiger partial charge in [-0.1, -0.05) is 11.6 Å². The summed E-state index contributed by atoms with van der Waals surface area (Å²) in [5.74, 6) is 0.0525. The fourth-order valence-corrected chi connectivity index (χ4v) is 1.74. The highest BCUT2D eigenvalue weighted by molar-refractivity contribution is 6.29. The number of hydrogen-bond donors (Lipinski definition) is 2. The van der Waals surface area contributed by atoms with E-state index in [0.29, 0.717) is 11.3 Å². The molecule has 2 rings (SSSR count). The Morgan fingerprint density at radius 3 is 3.00 bits per heavy atom. The molecule has 0 saturated heterocycles. The van der Waals surface area contributed by atoms with E-state index >= 15 is 0 Å². The van der Waals surface area contributed by atoms with Gasteiger partial charge in [0.15, 0.2) is 0 Å². The molecule has 1 amide bonds. The number of amides is 1. The summed E-state index contributed by atoms with van der Waals surface area (Å²) in [5.41, 5.74) is -0.883. The zero-order chi connectivity index (χ0) is 13.9. The minimum absolute atomic E-state index is 0.0271. The number of carbonyl (C=O) groups is 1. The van der Waals surface area contributed by atoms with Crippen LogP contribution in [-0.4, -0.2) is 22.5 Å². The molecule has 2 N–H and O–H groups in total. The Labute approximate surface area is 115 Å². The van der Waals surface area contributed by atoms with Crippen LogP contribution in [0.15, 0.2) is 41.1 Å². The monoisotopic (exact) mass is 280 g/mol. The maximum Gasteiger partial charge on any atom is 0.251 e. The summed E-state index contributed by atoms with van der Waals surface area (Å²) in [6, 6.07) is 6.32. The number of furan rings is 1. The van der Waals surface area contributed by atoms with Gasteiger partial charge in [0.2, 0.25) is 0 Å². The predicted molar refractivity (Wildman–Crippen MR) is 69.9 cm³/mol. The van der Waals surface area contributed by atoms with E-state index in [1.54, 1.807) is 25.1 Å². The molecule has 0 spiro atoms. The van der Waals surface area contributed by atoms with Crippen LogP contribution in [0.2, 0.25) is 5.15 Å². The molecule has 0 aliphatic carbocycles. The minimum Gasteiger partial charge on any atom is -0.466 e. The van der Waals surface area contributed by atoms with E-state index in [1.165, 1.54) is 18.5 Å². The van der Waals surface area contributed by atoms with E-state index in [9.17, 15) is 9.90 Å². The summed E-state index contributed by atoms with van der Waals surface area (Å²) in [6.45, 7) is 1.59. The molecule has 0 aliphatic rings. The number of carbonyl (C=O) groups excluding carboxylic acids is 1. The van der Waals surface area contributed by atoms with Crippen LogP contribution < -0.4 is 5.32 Å². The fourth-order valence-electron chi connectivity index (χ4n) is 1.57. The molecular weight excluding hydrogens is 268 g/mol. The Morgan fingerprint density at radius 2 is 2.37 bits per heavy atom. The van der Waals surface area contributed by atoms with Crippen LogP contribution in [0.4, 0.5) is 0 Å². The van der Waals surface area contributed by atoms with Crippen molar-refractivity contribution in [1.29, 1.82) is 0 Å². The van der Waals surface area contributed by atoms with Gasteiger partial charge in [-0.3, -0.25) is 4.79 Å². The Kier molecular flexibility index (Phi) is 3.87. The van der Waals surface area contributed by atoms with E-state index < -0.39 is 5.60 Å². The molecule has 0 fully saturated rings. The number of pyridine rings is 1. The molecule has 0 bridgehead atoms. The maximum atomic E-state index is 11.9. The first-order valence-electron chi connectivity index (χ1n) is 5.65. The summed E-state index contributed by atoms with van der Waals surface area (Å²) in [6.07, 6.45) is 2.91. The molecule has 1 atom stereocenters. The zero-order valence-corrected chi connectivity index (χ0v) is 11.0. The molecule has 1 unspecified atom stereocenters. The highest BCUT2D eigenvalue weighted by Gasteiger charge is 2.26. The van der Waals surface area contributed by atoms with Crippen molar-refractivity contribution >= 4 is 17.5 Å². The quantitative estimate of drug-likeness (QED) is 0.840. The van der Waals surface area contributed by atoms with Crippen LogP contribution in [0.25, 0.3) is 0 Å². The third kappa shape index (κ3) is 3.33. The lowest BCUT2D eigenvalue weighted by molar-refractivity contribution is 0.0330. The summed E-state index contributed by atoms with van der Waals surface area (Å²) >= 11 is 5.70. The Hall–Kier alpha value is -1.85. The lowest BCUT2D eigenvalue weighted by Gasteiger charge is -2.21. The zero-order valence-electron chi connectivity index (χ0n) is 10.3. The van der Waals surface area contributed by atoms with E-state index in [-0.39, 0.29) is 17.6 Å². The van der Waals surface area contributed by atoms with Crippen LogP contribution in [-0.2, 0) is 5.60 Å². The molecule has 0 aliphatic heterocycles. The Bertz CT molecular complexity index is 567. The van der Waals surface area contributed by atoms with Gasteiger partial charge in [-0.25, -0.2) is 4.98 Å². The Balaban J connectivity index is 2.01. The van der Waals surface area contributed by atoms with Crippen LogP contribution in [0.5, 0.6) is 0 Å². The first-order valence-corrected chi connectivity index (χ1v) is 6.03. The number of aromatic nitrogens is 1. The average Bonchev–Trinajstić information content (AvgIpc) is 2.90. The second-order valence-electron chi connectivity index (χ2n) is 4.30. The number of halogens is 1. The molecule has 6 heteroatoms. The van der Waals surface area contributed by atoms with Crippen molar-refractivity contribution in [2.45, 2.75) is 12.5 Å². The van der Waals surface area contributed by atoms with E-state index in [1.807, 2.05) is 0 Å². The maximum absolute atomic E-state index is 11.9. The smallest absolute Gasteiger partial charge is 0.251 e. The predicted octanol–water partition coefficient (Wildman–Crippen LogP) is 1.97. The van der Waals surface area contributed by atoms with Gasteiger partial charge in [-0.05, 0) is 31.2 Å². The number of aliphatic hydroxyl groups is 1. The summed E-state index contributed by atoms with van der Waals surface area (Å²) in [4.78, 5) is 15.7. The van der Waals surface area contributed by atoms with Gasteiger partial charge < -0.3 is 14.8 Å². The summed E-state index contributed by atoms with van der Waals surface area (Å²) < 4.78 is 5.12. The third-order valence-electron chi connectivity index (χ3n) is 2.63. The molecule has 2 heterocycles. The minimum atomic E-state index is -1.27. The van der Waals surface area contributed by atoms with E-state index in [4.69, 9.17) is 16.0 Å². The van der Waals surface area contributed by atoms with Crippen molar-refractivity contribution in [2.24, 2.45) is 0 Å². The first-order chi connectivity index (χ1) is 8.99. The van der Waals surface area contributed by atoms with Gasteiger partial charge in [0, 0.05) is 11.8 Å². The van der Waals surface area contributed by atoms with Crippen LogP contribution in [0.1, 0.15) is 23.0 Å². The topological polar surface area (TPSA) is 75.4 Å². The molecule has 19 heavy (non-hydrogen) atoms. The first kappa shape index (κ1) is 13.6. The largest absolute Gasteiger partial charge is 0.466 e. The molecule has 2 aromatic rings. The van der Waals surface area contributed by atoms with Gasteiger partial charge in [0.25, 0.3) is 5.91 Å². The van der Waals surface area contributed by atoms with Crippen molar-refractivity contribution in [3.05, 3.63) is 53.2 Å². The molecule has 0 saturated carbocycles. The second kappa shape index (κ2) is 5.42. The normalized spacial score (nSPS) is 13.8. The van der Waals surface area contributed by atoms with Gasteiger partial charge in [-0.2, -0.15) is 0 Å². The second-order valence-corrected chi connectivity index (χ2v) is 4.69. The highest BCUT2D eigenvalue weighted by Crippen LogP contribution is 2.20. The van der Waals surface area contributed by atoms with Crippen LogP contribution in [0.3, 0.4) is 0 Å². The molecule has 2 aromatic heterocycles. The standard InChI is InChI=1S/C13H13ClN2O3/c1-13(18,10-3-2-6-19-10)8-16-12(17)9-4-5-15-11(14)7-9/h2-7,18H,8H2,1H3,(H,16,17). The number of hydrogen-bond acceptors (Lipinski definition) is 4. The summed E-state index contributed by atoms with van der Waals surface area (Å²) in [7, 11) is 0. The number of nitrogens with one attached hydrogen (secondary N) is 1. The average molecular weight is 281 g/mol. The SMILES string of the molecule is CC(O)(CNC(=O)c1ccnc(Cl)c1)c1ccco1. The molecule has 0 aromatic carbocycles. The van der Waals surface area contributed by atoms with Crippen molar-refractivity contribution < 1.29 is 14.3 Å². The van der Waals surface area contributed by atoms with Crippen molar-refractivity contribution in [3.8, 4) is 0 Å². The Morgan fingerprint density at radius 1 is 1.58 bits per heavy atom. The molecule has 5 nitrogen and oxygen atoms in total. The van der Waals surface area contributed by atoms with Crippen molar-refractivity contribution in [3.63, 3.8) is 0 Å². The molecule has 100 valence electrons. The van der Waals surface area contributed by atoms with Crippen LogP contribution in [0, 0.1) is 0 Å². The third-order valence-corrected chi connectivity index (χ3v) is 2.84. The molecular formula is C13H13ClN2O3. The van der Waals surface area contributed by atoms with Gasteiger partial charge in [-0.15, -0.1) is 0 Å². The van der Waals surface area contributed by atoms with Gasteiger partial charge in [0.05, 0.1) is 12.8 Å². The summed E-state index contributed by atoms with van der Waals surface area (Å²) in [5, 5.41) is 13.0. The van der Waals surface area contributed by atoms with Crippen molar-refractivity contribution in [1.82, 2.24) is 10.3 Å². The van der Waals surface area contributed by atoms with E-state index in [2.05, 4.69) is 10.3 Å². The van der Waals surface area contributed by atoms with Crippen molar-refractivity contribution in [2.75, 3.05) is 6.54 Å². The number of nitrogens with zero attached hydrogens (tertiary/aromatic N) is 1. The lowest BCUT2D eigenvalue weighted by Crippen LogP contribution is -2.38. The van der Waals surface area contributed by atoms with Gasteiger partial charge in [0.1, 0.15) is 16.5 Å². The number of rotatable bonds is 4. The lowest BCUT2D eigenvalue weighted by atomic mass is 10.0. The molecule has 0 radical (unpaired) electrons.